The van der Waals surface area contributed by atoms with E-state index in [0.717, 1.165) is 12.1 Å². The second-order valence-electron chi connectivity index (χ2n) is 7.50. The molecule has 0 radical (unpaired) electrons. The lowest BCUT2D eigenvalue weighted by atomic mass is 9.91. The monoisotopic (exact) mass is 396 g/mol. The first-order valence-electron chi connectivity index (χ1n) is 9.57. The highest BCUT2D eigenvalue weighted by Gasteiger charge is 2.42. The first-order valence-corrected chi connectivity index (χ1v) is 9.57. The second kappa shape index (κ2) is 8.96. The Morgan fingerprint density at radius 3 is 2.71 bits per heavy atom. The van der Waals surface area contributed by atoms with Crippen LogP contribution in [0.1, 0.15) is 36.0 Å². The van der Waals surface area contributed by atoms with Crippen LogP contribution in [0.4, 0.5) is 8.78 Å². The van der Waals surface area contributed by atoms with Gasteiger partial charge in [0.05, 0.1) is 5.54 Å². The Balaban J connectivity index is 1.70. The SMILES string of the molecule is COCCC1(NC(=O)C2CCOCC2)CCN(C(=O)c2ccc(F)c(F)c2)C1. The molecule has 2 fully saturated rings. The van der Waals surface area contributed by atoms with E-state index in [4.69, 9.17) is 9.47 Å². The van der Waals surface area contributed by atoms with Gasteiger partial charge in [-0.1, -0.05) is 0 Å². The molecule has 1 N–H and O–H groups in total. The molecule has 0 saturated carbocycles. The Morgan fingerprint density at radius 2 is 2.04 bits per heavy atom. The summed E-state index contributed by atoms with van der Waals surface area (Å²) in [5.74, 6) is -2.54. The van der Waals surface area contributed by atoms with E-state index >= 15 is 0 Å². The van der Waals surface area contributed by atoms with Gasteiger partial charge < -0.3 is 19.7 Å². The Hall–Kier alpha value is -2.06. The number of benzene rings is 1. The molecule has 6 nitrogen and oxygen atoms in total. The molecule has 2 aliphatic rings. The Labute approximate surface area is 163 Å². The molecule has 0 spiro atoms. The van der Waals surface area contributed by atoms with Crippen molar-refractivity contribution >= 4 is 11.8 Å². The van der Waals surface area contributed by atoms with E-state index < -0.39 is 17.2 Å². The summed E-state index contributed by atoms with van der Waals surface area (Å²) in [4.78, 5) is 27.1. The third kappa shape index (κ3) is 4.67. The third-order valence-electron chi connectivity index (χ3n) is 5.57. The molecule has 0 aromatic heterocycles. The molecule has 2 heterocycles. The second-order valence-corrected chi connectivity index (χ2v) is 7.50. The van der Waals surface area contributed by atoms with Gasteiger partial charge >= 0.3 is 0 Å². The van der Waals surface area contributed by atoms with E-state index in [1.807, 2.05) is 0 Å². The Bertz CT molecular complexity index is 724. The van der Waals surface area contributed by atoms with E-state index in [1.165, 1.54) is 6.07 Å². The number of nitrogens with zero attached hydrogens (tertiary/aromatic N) is 1. The highest BCUT2D eigenvalue weighted by Crippen LogP contribution is 2.28. The molecule has 1 aromatic rings. The number of nitrogens with one attached hydrogen (secondary N) is 1. The summed E-state index contributed by atoms with van der Waals surface area (Å²) in [6.45, 7) is 2.33. The largest absolute Gasteiger partial charge is 0.385 e. The number of carbonyl (C=O) groups is 2. The van der Waals surface area contributed by atoms with Gasteiger partial charge in [0.1, 0.15) is 0 Å². The summed E-state index contributed by atoms with van der Waals surface area (Å²) in [7, 11) is 1.59. The predicted octanol–water partition coefficient (Wildman–Crippen LogP) is 2.13. The smallest absolute Gasteiger partial charge is 0.254 e. The number of amides is 2. The van der Waals surface area contributed by atoms with E-state index in [9.17, 15) is 18.4 Å². The van der Waals surface area contributed by atoms with Crippen LogP contribution in [-0.2, 0) is 14.3 Å². The van der Waals surface area contributed by atoms with Gasteiger partial charge in [-0.15, -0.1) is 0 Å². The fourth-order valence-corrected chi connectivity index (χ4v) is 3.85. The van der Waals surface area contributed by atoms with Gasteiger partial charge in [0.15, 0.2) is 11.6 Å². The third-order valence-corrected chi connectivity index (χ3v) is 5.57. The van der Waals surface area contributed by atoms with Crippen LogP contribution >= 0.6 is 0 Å². The number of methoxy groups -OCH3 is 1. The highest BCUT2D eigenvalue weighted by molar-refractivity contribution is 5.94. The first-order chi connectivity index (χ1) is 13.4. The summed E-state index contributed by atoms with van der Waals surface area (Å²) >= 11 is 0. The van der Waals surface area contributed by atoms with Crippen molar-refractivity contribution in [3.05, 3.63) is 35.4 Å². The lowest BCUT2D eigenvalue weighted by molar-refractivity contribution is -0.130. The Morgan fingerprint density at radius 1 is 1.29 bits per heavy atom. The van der Waals surface area contributed by atoms with Gasteiger partial charge in [0.25, 0.3) is 5.91 Å². The molecule has 0 aliphatic carbocycles. The number of carbonyl (C=O) groups excluding carboxylic acids is 2. The summed E-state index contributed by atoms with van der Waals surface area (Å²) in [6, 6.07) is 3.13. The summed E-state index contributed by atoms with van der Waals surface area (Å²) in [5.41, 5.74) is -0.489. The maximum Gasteiger partial charge on any atom is 0.254 e. The number of hydrogen-bond donors (Lipinski definition) is 1. The average Bonchev–Trinajstić information content (AvgIpc) is 3.12. The van der Waals surface area contributed by atoms with E-state index in [1.54, 1.807) is 12.0 Å². The Kier molecular flexibility index (Phi) is 6.61. The molecular weight excluding hydrogens is 370 g/mol. The minimum atomic E-state index is -1.05. The highest BCUT2D eigenvalue weighted by atomic mass is 19.2. The van der Waals surface area contributed by atoms with E-state index in [2.05, 4.69) is 5.32 Å². The molecule has 2 aliphatic heterocycles. The molecule has 154 valence electrons. The van der Waals surface area contributed by atoms with Crippen molar-refractivity contribution in [3.63, 3.8) is 0 Å². The quantitative estimate of drug-likeness (QED) is 0.800. The molecule has 1 aromatic carbocycles. The topological polar surface area (TPSA) is 67.9 Å². The van der Waals surface area contributed by atoms with Crippen LogP contribution in [0.2, 0.25) is 0 Å². The van der Waals surface area contributed by atoms with Gasteiger partial charge in [0.2, 0.25) is 5.91 Å². The molecule has 2 amide bonds. The zero-order valence-electron chi connectivity index (χ0n) is 16.0. The van der Waals surface area contributed by atoms with E-state index in [-0.39, 0.29) is 23.3 Å². The molecular formula is C20H26F2N2O4. The van der Waals surface area contributed by atoms with Crippen molar-refractivity contribution in [2.45, 2.75) is 31.2 Å². The number of halogens is 2. The zero-order chi connectivity index (χ0) is 20.1. The molecule has 28 heavy (non-hydrogen) atoms. The van der Waals surface area contributed by atoms with Crippen molar-refractivity contribution in [3.8, 4) is 0 Å². The van der Waals surface area contributed by atoms with E-state index in [0.29, 0.717) is 58.6 Å². The van der Waals surface area contributed by atoms with Crippen LogP contribution in [0.15, 0.2) is 18.2 Å². The summed E-state index contributed by atoms with van der Waals surface area (Å²) < 4.78 is 37.2. The maximum atomic E-state index is 13.5. The van der Waals surface area contributed by atoms with Crippen LogP contribution in [-0.4, -0.2) is 62.3 Å². The molecule has 3 rings (SSSR count). The van der Waals surface area contributed by atoms with Crippen molar-refractivity contribution in [1.82, 2.24) is 10.2 Å². The molecule has 0 bridgehead atoms. The minimum absolute atomic E-state index is 0.0264. The van der Waals surface area contributed by atoms with Gasteiger partial charge in [0, 0.05) is 51.5 Å². The van der Waals surface area contributed by atoms with Crippen LogP contribution in [0.25, 0.3) is 0 Å². The fourth-order valence-electron chi connectivity index (χ4n) is 3.85. The van der Waals surface area contributed by atoms with Crippen molar-refractivity contribution in [2.24, 2.45) is 5.92 Å². The van der Waals surface area contributed by atoms with Crippen LogP contribution in [0.3, 0.4) is 0 Å². The van der Waals surface area contributed by atoms with Gasteiger partial charge in [-0.25, -0.2) is 8.78 Å². The number of rotatable bonds is 6. The summed E-state index contributed by atoms with van der Waals surface area (Å²) in [6.07, 6.45) is 2.52. The number of hydrogen-bond acceptors (Lipinski definition) is 4. The lowest BCUT2D eigenvalue weighted by Crippen LogP contribution is -2.53. The average molecular weight is 396 g/mol. The fraction of sp³-hybridized carbons (Fsp3) is 0.600. The van der Waals surface area contributed by atoms with Crippen LogP contribution in [0, 0.1) is 17.6 Å². The number of ether oxygens (including phenoxy) is 2. The molecule has 1 unspecified atom stereocenters. The number of likely N-dealkylation sites (tertiary alicyclic amines) is 1. The first kappa shape index (κ1) is 20.7. The van der Waals surface area contributed by atoms with Crippen molar-refractivity contribution in [1.29, 1.82) is 0 Å². The molecule has 8 heteroatoms. The summed E-state index contributed by atoms with van der Waals surface area (Å²) in [5, 5.41) is 3.15. The lowest BCUT2D eigenvalue weighted by Gasteiger charge is -2.33. The van der Waals surface area contributed by atoms with Crippen LogP contribution < -0.4 is 5.32 Å². The maximum absolute atomic E-state index is 13.5. The normalized spacial score (nSPS) is 23.0. The van der Waals surface area contributed by atoms with Gasteiger partial charge in [-0.3, -0.25) is 9.59 Å². The van der Waals surface area contributed by atoms with Gasteiger partial charge in [-0.2, -0.15) is 0 Å². The predicted molar refractivity (Wildman–Crippen MR) is 97.8 cm³/mol. The van der Waals surface area contributed by atoms with Crippen LogP contribution in [0.5, 0.6) is 0 Å². The van der Waals surface area contributed by atoms with Crippen molar-refractivity contribution in [2.75, 3.05) is 40.0 Å². The molecule has 2 saturated heterocycles. The zero-order valence-corrected chi connectivity index (χ0v) is 16.0. The van der Waals surface area contributed by atoms with Gasteiger partial charge in [-0.05, 0) is 43.9 Å². The molecule has 1 atom stereocenters. The van der Waals surface area contributed by atoms with Crippen molar-refractivity contribution < 1.29 is 27.8 Å². The standard InChI is InChI=1S/C20H26F2N2O4/c1-27-11-7-20(23-18(25)14-4-9-28-10-5-14)6-8-24(13-20)19(26)15-2-3-16(21)17(22)12-15/h2-3,12,14H,4-11,13H2,1H3,(H,23,25). The minimum Gasteiger partial charge on any atom is -0.385 e.